The lowest BCUT2D eigenvalue weighted by molar-refractivity contribution is -0.0826. The summed E-state index contributed by atoms with van der Waals surface area (Å²) in [4.78, 5) is 15.2. The number of aromatic nitrogens is 2. The lowest BCUT2D eigenvalue weighted by Crippen LogP contribution is -2.65. The number of nitrogens with two attached hydrogens (primary N) is 1. The third kappa shape index (κ3) is 5.40. The quantitative estimate of drug-likeness (QED) is 0.559. The number of hydrogen-bond donors (Lipinski definition) is 2. The highest BCUT2D eigenvalue weighted by molar-refractivity contribution is 8.00. The molecular weight excluding hydrogens is 404 g/mol. The number of anilines is 1. The van der Waals surface area contributed by atoms with Crippen molar-refractivity contribution in [3.8, 4) is 0 Å². The minimum absolute atomic E-state index is 0.571. The summed E-state index contributed by atoms with van der Waals surface area (Å²) in [7, 11) is 0. The van der Waals surface area contributed by atoms with Crippen LogP contribution in [0.3, 0.4) is 0 Å². The van der Waals surface area contributed by atoms with Gasteiger partial charge in [0.05, 0.1) is 0 Å². The van der Waals surface area contributed by atoms with Crippen LogP contribution in [0.5, 0.6) is 0 Å². The maximum Gasteiger partial charge on any atom is 0.225 e. The van der Waals surface area contributed by atoms with Crippen LogP contribution < -0.4 is 16.0 Å². The highest BCUT2D eigenvalue weighted by Crippen LogP contribution is 2.48. The van der Waals surface area contributed by atoms with Crippen molar-refractivity contribution in [3.63, 3.8) is 0 Å². The Kier molecular flexibility index (Phi) is 6.46. The Hall–Kier alpha value is -1.67. The molecule has 1 aromatic carbocycles. The molecule has 2 aliphatic carbocycles. The van der Waals surface area contributed by atoms with Gasteiger partial charge in [0.2, 0.25) is 5.95 Å². The van der Waals surface area contributed by atoms with E-state index in [0.29, 0.717) is 18.0 Å². The first-order valence-corrected chi connectivity index (χ1v) is 12.5. The number of benzene rings is 1. The van der Waals surface area contributed by atoms with E-state index >= 15 is 0 Å². The van der Waals surface area contributed by atoms with E-state index in [0.717, 1.165) is 37.4 Å². The number of rotatable bonds is 11. The zero-order valence-corrected chi connectivity index (χ0v) is 19.1. The lowest BCUT2D eigenvalue weighted by Gasteiger charge is -2.59. The summed E-state index contributed by atoms with van der Waals surface area (Å²) in [6.07, 6.45) is 9.19. The molecule has 1 aliphatic heterocycles. The number of nitrogens with zero attached hydrogens (tertiary/aromatic N) is 4. The van der Waals surface area contributed by atoms with E-state index in [1.165, 1.54) is 49.2 Å². The van der Waals surface area contributed by atoms with Gasteiger partial charge in [-0.3, -0.25) is 4.90 Å². The van der Waals surface area contributed by atoms with Gasteiger partial charge in [0, 0.05) is 74.4 Å². The van der Waals surface area contributed by atoms with Crippen molar-refractivity contribution >= 4 is 17.7 Å². The molecule has 3 fully saturated rings. The molecule has 0 radical (unpaired) electrons. The van der Waals surface area contributed by atoms with Gasteiger partial charge in [0.25, 0.3) is 0 Å². The number of likely N-dealkylation sites (tertiary alicyclic amines) is 1. The van der Waals surface area contributed by atoms with E-state index in [1.54, 1.807) is 0 Å². The van der Waals surface area contributed by atoms with Gasteiger partial charge in [0.1, 0.15) is 0 Å². The number of hydrogen-bond acceptors (Lipinski definition) is 7. The Labute approximate surface area is 190 Å². The molecule has 2 heterocycles. The first-order chi connectivity index (χ1) is 15.2. The van der Waals surface area contributed by atoms with Crippen LogP contribution in [0, 0.1) is 5.41 Å². The third-order valence-corrected chi connectivity index (χ3v) is 7.95. The first-order valence-electron chi connectivity index (χ1n) is 11.6. The van der Waals surface area contributed by atoms with E-state index in [2.05, 4.69) is 55.4 Å². The fraction of sp³-hybridized carbons (Fsp3) is 0.583. The normalized spacial score (nSPS) is 20.4. The molecule has 6 nitrogen and oxygen atoms in total. The monoisotopic (exact) mass is 438 g/mol. The molecule has 7 heteroatoms. The second kappa shape index (κ2) is 9.45. The molecule has 0 amide bonds. The van der Waals surface area contributed by atoms with E-state index in [1.807, 2.05) is 24.2 Å². The SMILES string of the molecule is NCCN(CCNC1CC2(C1)CN(Cc1ccccc1)C2)c1ncc(SC2CC2)cn1. The molecule has 2 saturated carbocycles. The first kappa shape index (κ1) is 21.2. The Morgan fingerprint density at radius 2 is 1.84 bits per heavy atom. The van der Waals surface area contributed by atoms with Crippen LogP contribution in [0.4, 0.5) is 5.95 Å². The molecule has 0 unspecified atom stereocenters. The Morgan fingerprint density at radius 3 is 2.52 bits per heavy atom. The van der Waals surface area contributed by atoms with Crippen LogP contribution in [0.2, 0.25) is 0 Å². The van der Waals surface area contributed by atoms with Gasteiger partial charge >= 0.3 is 0 Å². The van der Waals surface area contributed by atoms with Gasteiger partial charge in [-0.1, -0.05) is 30.3 Å². The second-order valence-electron chi connectivity index (χ2n) is 9.50. The molecule has 31 heavy (non-hydrogen) atoms. The van der Waals surface area contributed by atoms with Gasteiger partial charge in [-0.2, -0.15) is 0 Å². The zero-order valence-electron chi connectivity index (χ0n) is 18.2. The standard InChI is InChI=1S/C24H34N6S/c25-8-10-30(23-27-14-22(15-28-23)31-21-6-7-21)11-9-26-20-12-24(13-20)17-29(18-24)16-19-4-2-1-3-5-19/h1-5,14-15,20-21,26H,6-13,16-18,25H2. The summed E-state index contributed by atoms with van der Waals surface area (Å²) in [5.41, 5.74) is 7.84. The Bertz CT molecular complexity index is 827. The van der Waals surface area contributed by atoms with Crippen LogP contribution in [-0.2, 0) is 6.54 Å². The van der Waals surface area contributed by atoms with Crippen molar-refractivity contribution in [3.05, 3.63) is 48.3 Å². The fourth-order valence-corrected chi connectivity index (χ4v) is 6.01. The molecular formula is C24H34N6S. The van der Waals surface area contributed by atoms with Crippen LogP contribution in [0.1, 0.15) is 31.2 Å². The van der Waals surface area contributed by atoms with Crippen molar-refractivity contribution in [1.29, 1.82) is 0 Å². The van der Waals surface area contributed by atoms with Crippen LogP contribution in [-0.4, -0.2) is 65.4 Å². The van der Waals surface area contributed by atoms with E-state index in [9.17, 15) is 0 Å². The smallest absolute Gasteiger partial charge is 0.225 e. The number of thioether (sulfide) groups is 1. The third-order valence-electron chi connectivity index (χ3n) is 6.66. The predicted molar refractivity (Wildman–Crippen MR) is 127 cm³/mol. The van der Waals surface area contributed by atoms with E-state index < -0.39 is 0 Å². The predicted octanol–water partition coefficient (Wildman–Crippen LogP) is 2.75. The summed E-state index contributed by atoms with van der Waals surface area (Å²) in [6, 6.07) is 11.5. The van der Waals surface area contributed by atoms with E-state index in [4.69, 9.17) is 5.73 Å². The maximum absolute atomic E-state index is 5.84. The molecule has 3 aliphatic rings. The summed E-state index contributed by atoms with van der Waals surface area (Å²) in [6.45, 7) is 6.85. The summed E-state index contributed by atoms with van der Waals surface area (Å²) >= 11 is 1.90. The maximum atomic E-state index is 5.84. The van der Waals surface area contributed by atoms with Crippen molar-refractivity contribution in [2.75, 3.05) is 44.2 Å². The zero-order chi connectivity index (χ0) is 21.1. The Balaban J connectivity index is 1.02. The van der Waals surface area contributed by atoms with Crippen molar-refractivity contribution in [2.24, 2.45) is 11.1 Å². The average molecular weight is 439 g/mol. The van der Waals surface area contributed by atoms with Crippen molar-refractivity contribution < 1.29 is 0 Å². The largest absolute Gasteiger partial charge is 0.338 e. The molecule has 1 spiro atoms. The van der Waals surface area contributed by atoms with Gasteiger partial charge in [-0.25, -0.2) is 9.97 Å². The van der Waals surface area contributed by atoms with E-state index in [-0.39, 0.29) is 0 Å². The Morgan fingerprint density at radius 1 is 1.10 bits per heavy atom. The summed E-state index contributed by atoms with van der Waals surface area (Å²) < 4.78 is 0. The van der Waals surface area contributed by atoms with Crippen LogP contribution >= 0.6 is 11.8 Å². The molecule has 3 N–H and O–H groups in total. The van der Waals surface area contributed by atoms with Gasteiger partial charge < -0.3 is 16.0 Å². The highest BCUT2D eigenvalue weighted by Gasteiger charge is 2.51. The molecule has 2 aromatic rings. The minimum atomic E-state index is 0.571. The topological polar surface area (TPSA) is 70.3 Å². The van der Waals surface area contributed by atoms with Gasteiger partial charge in [-0.05, 0) is 36.7 Å². The molecule has 0 atom stereocenters. The molecule has 166 valence electrons. The highest BCUT2D eigenvalue weighted by atomic mass is 32.2. The summed E-state index contributed by atoms with van der Waals surface area (Å²) in [5.74, 6) is 0.799. The van der Waals surface area contributed by atoms with Crippen molar-refractivity contribution in [1.82, 2.24) is 20.2 Å². The molecule has 1 saturated heterocycles. The van der Waals surface area contributed by atoms with Crippen molar-refractivity contribution in [2.45, 2.75) is 48.4 Å². The minimum Gasteiger partial charge on any atom is -0.338 e. The van der Waals surface area contributed by atoms with Gasteiger partial charge in [-0.15, -0.1) is 11.8 Å². The average Bonchev–Trinajstić information content (AvgIpc) is 3.55. The van der Waals surface area contributed by atoms with Crippen LogP contribution in [0.25, 0.3) is 0 Å². The van der Waals surface area contributed by atoms with Gasteiger partial charge in [0.15, 0.2) is 0 Å². The lowest BCUT2D eigenvalue weighted by atomic mass is 9.60. The second-order valence-corrected chi connectivity index (χ2v) is 10.9. The molecule has 1 aromatic heterocycles. The number of nitrogens with one attached hydrogen (secondary N) is 1. The van der Waals surface area contributed by atoms with Crippen LogP contribution in [0.15, 0.2) is 47.6 Å². The summed E-state index contributed by atoms with van der Waals surface area (Å²) in [5, 5.41) is 4.53. The molecule has 0 bridgehead atoms. The molecule has 5 rings (SSSR count). The fourth-order valence-electron chi connectivity index (χ4n) is 5.03.